The van der Waals surface area contributed by atoms with Crippen molar-refractivity contribution in [3.05, 3.63) is 59.2 Å². The second kappa shape index (κ2) is 9.00. The lowest BCUT2D eigenvalue weighted by Gasteiger charge is -2.39. The quantitative estimate of drug-likeness (QED) is 0.814. The molecule has 6 nitrogen and oxygen atoms in total. The van der Waals surface area contributed by atoms with Crippen LogP contribution in [0.1, 0.15) is 36.5 Å². The molecule has 3 amide bonds. The second-order valence-corrected chi connectivity index (χ2v) is 8.72. The van der Waals surface area contributed by atoms with Gasteiger partial charge in [-0.3, -0.25) is 9.69 Å². The number of ether oxygens (including phenoxy) is 1. The Morgan fingerprint density at radius 1 is 1.13 bits per heavy atom. The summed E-state index contributed by atoms with van der Waals surface area (Å²) in [6.45, 7) is 8.18. The van der Waals surface area contributed by atoms with E-state index in [1.807, 2.05) is 73.0 Å². The van der Waals surface area contributed by atoms with Crippen molar-refractivity contribution >= 4 is 17.6 Å². The van der Waals surface area contributed by atoms with Crippen LogP contribution in [0.5, 0.6) is 5.75 Å². The Balaban J connectivity index is 1.43. The highest BCUT2D eigenvalue weighted by Crippen LogP contribution is 2.35. The minimum Gasteiger partial charge on any atom is -0.487 e. The molecule has 0 saturated carbocycles. The van der Waals surface area contributed by atoms with Crippen LogP contribution in [0.2, 0.25) is 0 Å². The van der Waals surface area contributed by atoms with Gasteiger partial charge in [0.2, 0.25) is 5.91 Å². The second-order valence-electron chi connectivity index (χ2n) is 8.72. The van der Waals surface area contributed by atoms with Gasteiger partial charge in [0.1, 0.15) is 11.9 Å². The van der Waals surface area contributed by atoms with Gasteiger partial charge in [0, 0.05) is 19.6 Å². The third kappa shape index (κ3) is 4.68. The molecule has 2 atom stereocenters. The molecule has 0 unspecified atom stereocenters. The number of benzene rings is 2. The summed E-state index contributed by atoms with van der Waals surface area (Å²) in [5.41, 5.74) is 4.18. The number of nitrogens with one attached hydrogen (secondary N) is 1. The number of aryl methyl sites for hydroxylation is 2. The molecule has 0 radical (unpaired) electrons. The number of urea groups is 1. The zero-order valence-electron chi connectivity index (χ0n) is 18.6. The number of hydrogen-bond acceptors (Lipinski definition) is 3. The van der Waals surface area contributed by atoms with Crippen LogP contribution in [0.4, 0.5) is 10.5 Å². The van der Waals surface area contributed by atoms with Crippen molar-refractivity contribution < 1.29 is 14.3 Å². The topological polar surface area (TPSA) is 61.9 Å². The first-order valence-corrected chi connectivity index (χ1v) is 11.1. The van der Waals surface area contributed by atoms with Crippen molar-refractivity contribution in [3.8, 4) is 5.75 Å². The van der Waals surface area contributed by atoms with Crippen LogP contribution < -0.4 is 15.0 Å². The number of hydrogen-bond donors (Lipinski definition) is 1. The predicted octanol–water partition coefficient (Wildman–Crippen LogP) is 4.04. The zero-order valence-corrected chi connectivity index (χ0v) is 18.6. The fourth-order valence-electron chi connectivity index (χ4n) is 4.40. The van der Waals surface area contributed by atoms with Gasteiger partial charge in [0.05, 0.1) is 18.2 Å². The number of rotatable bonds is 3. The van der Waals surface area contributed by atoms with E-state index in [1.54, 1.807) is 0 Å². The molecule has 1 fully saturated rings. The highest BCUT2D eigenvalue weighted by atomic mass is 16.5. The SMILES string of the molecule is Cc1ccc2c(c1)N(C(=O)N1CCC[C@H](C(=O)NCc3ccccc3C)C1)C[C@@H](C)O2. The molecule has 164 valence electrons. The molecule has 4 rings (SSSR count). The van der Waals surface area contributed by atoms with Crippen molar-refractivity contribution in [3.63, 3.8) is 0 Å². The summed E-state index contributed by atoms with van der Waals surface area (Å²) in [5.74, 6) is 0.576. The Morgan fingerprint density at radius 2 is 1.94 bits per heavy atom. The molecule has 0 aromatic heterocycles. The van der Waals surface area contributed by atoms with Gasteiger partial charge in [-0.25, -0.2) is 4.79 Å². The number of amides is 3. The molecular weight excluding hydrogens is 390 g/mol. The van der Waals surface area contributed by atoms with Crippen molar-refractivity contribution in [2.45, 2.75) is 46.3 Å². The number of likely N-dealkylation sites (tertiary alicyclic amines) is 1. The highest BCUT2D eigenvalue weighted by molar-refractivity contribution is 5.95. The summed E-state index contributed by atoms with van der Waals surface area (Å²) in [5, 5.41) is 3.07. The first-order chi connectivity index (χ1) is 14.9. The van der Waals surface area contributed by atoms with Gasteiger partial charge in [0.15, 0.2) is 0 Å². The van der Waals surface area contributed by atoms with E-state index in [1.165, 1.54) is 5.56 Å². The van der Waals surface area contributed by atoms with Crippen LogP contribution in [0.3, 0.4) is 0 Å². The van der Waals surface area contributed by atoms with Gasteiger partial charge in [-0.15, -0.1) is 0 Å². The van der Waals surface area contributed by atoms with Crippen molar-refractivity contribution in [2.75, 3.05) is 24.5 Å². The largest absolute Gasteiger partial charge is 0.487 e. The Morgan fingerprint density at radius 3 is 2.74 bits per heavy atom. The predicted molar refractivity (Wildman–Crippen MR) is 121 cm³/mol. The monoisotopic (exact) mass is 421 g/mol. The Labute approximate surface area is 184 Å². The van der Waals surface area contributed by atoms with Crippen LogP contribution in [-0.2, 0) is 11.3 Å². The minimum absolute atomic E-state index is 0.0207. The molecule has 0 spiro atoms. The fraction of sp³-hybridized carbons (Fsp3) is 0.440. The zero-order chi connectivity index (χ0) is 22.0. The van der Waals surface area contributed by atoms with Crippen molar-refractivity contribution in [2.24, 2.45) is 5.92 Å². The summed E-state index contributed by atoms with van der Waals surface area (Å²) < 4.78 is 5.92. The molecule has 0 aliphatic carbocycles. The van der Waals surface area contributed by atoms with E-state index in [-0.39, 0.29) is 24.0 Å². The molecule has 31 heavy (non-hydrogen) atoms. The van der Waals surface area contributed by atoms with Crippen molar-refractivity contribution in [1.82, 2.24) is 10.2 Å². The maximum atomic E-state index is 13.4. The Bertz CT molecular complexity index is 974. The lowest BCUT2D eigenvalue weighted by atomic mass is 9.97. The van der Waals surface area contributed by atoms with Crippen LogP contribution in [-0.4, -0.2) is 42.6 Å². The summed E-state index contributed by atoms with van der Waals surface area (Å²) in [6, 6.07) is 13.9. The Kier molecular flexibility index (Phi) is 6.16. The molecule has 1 N–H and O–H groups in total. The standard InChI is InChI=1S/C25H31N3O3/c1-17-10-11-23-22(13-17)28(15-19(3)31-23)25(30)27-12-6-9-21(16-27)24(29)26-14-20-8-5-4-7-18(20)2/h4-5,7-8,10-11,13,19,21H,6,9,12,14-16H2,1-3H3,(H,26,29)/t19-,21+/m1/s1. The number of carbonyl (C=O) groups is 2. The molecule has 0 bridgehead atoms. The maximum absolute atomic E-state index is 13.4. The van der Waals surface area contributed by atoms with Gasteiger partial charge in [-0.1, -0.05) is 30.3 Å². The fourth-order valence-corrected chi connectivity index (χ4v) is 4.40. The van der Waals surface area contributed by atoms with E-state index in [0.717, 1.165) is 35.4 Å². The van der Waals surface area contributed by atoms with Gasteiger partial charge in [0.25, 0.3) is 0 Å². The molecular formula is C25H31N3O3. The average molecular weight is 422 g/mol. The van der Waals surface area contributed by atoms with Gasteiger partial charge in [-0.05, 0) is 62.4 Å². The normalized spacial score (nSPS) is 20.6. The first-order valence-electron chi connectivity index (χ1n) is 11.1. The van der Waals surface area contributed by atoms with Gasteiger partial charge in [-0.2, -0.15) is 0 Å². The lowest BCUT2D eigenvalue weighted by Crippen LogP contribution is -2.53. The van der Waals surface area contributed by atoms with Gasteiger partial charge < -0.3 is 15.0 Å². The smallest absolute Gasteiger partial charge is 0.324 e. The van der Waals surface area contributed by atoms with E-state index in [0.29, 0.717) is 26.2 Å². The number of nitrogens with zero attached hydrogens (tertiary/aromatic N) is 2. The molecule has 2 heterocycles. The van der Waals surface area contributed by atoms with Crippen LogP contribution >= 0.6 is 0 Å². The summed E-state index contributed by atoms with van der Waals surface area (Å²) in [6.07, 6.45) is 1.56. The van der Waals surface area contributed by atoms with Crippen LogP contribution in [0, 0.1) is 19.8 Å². The lowest BCUT2D eigenvalue weighted by molar-refractivity contribution is -0.126. The summed E-state index contributed by atoms with van der Waals surface area (Å²) in [7, 11) is 0. The molecule has 2 aromatic carbocycles. The minimum atomic E-state index is -0.183. The Hall–Kier alpha value is -3.02. The number of piperidine rings is 1. The van der Waals surface area contributed by atoms with E-state index in [4.69, 9.17) is 4.74 Å². The summed E-state index contributed by atoms with van der Waals surface area (Å²) >= 11 is 0. The molecule has 6 heteroatoms. The third-order valence-electron chi connectivity index (χ3n) is 6.18. The molecule has 1 saturated heterocycles. The molecule has 2 aliphatic rings. The van der Waals surface area contributed by atoms with Crippen LogP contribution in [0.25, 0.3) is 0 Å². The van der Waals surface area contributed by atoms with Gasteiger partial charge >= 0.3 is 6.03 Å². The molecule has 2 aromatic rings. The van der Waals surface area contributed by atoms with E-state index >= 15 is 0 Å². The number of anilines is 1. The maximum Gasteiger partial charge on any atom is 0.324 e. The van der Waals surface area contributed by atoms with E-state index in [2.05, 4.69) is 5.32 Å². The first kappa shape index (κ1) is 21.2. The number of carbonyl (C=O) groups excluding carboxylic acids is 2. The van der Waals surface area contributed by atoms with Crippen molar-refractivity contribution in [1.29, 1.82) is 0 Å². The van der Waals surface area contributed by atoms with E-state index < -0.39 is 0 Å². The number of fused-ring (bicyclic) bond motifs is 1. The highest BCUT2D eigenvalue weighted by Gasteiger charge is 2.34. The van der Waals surface area contributed by atoms with Crippen LogP contribution in [0.15, 0.2) is 42.5 Å². The third-order valence-corrected chi connectivity index (χ3v) is 6.18. The molecule has 2 aliphatic heterocycles. The average Bonchev–Trinajstić information content (AvgIpc) is 2.77. The summed E-state index contributed by atoms with van der Waals surface area (Å²) in [4.78, 5) is 29.9. The van der Waals surface area contributed by atoms with E-state index in [9.17, 15) is 9.59 Å².